The van der Waals surface area contributed by atoms with E-state index in [1.165, 1.54) is 6.33 Å². The number of alkyl halides is 3. The number of hydrogen-bond donors (Lipinski definition) is 1. The lowest BCUT2D eigenvalue weighted by Gasteiger charge is -2.34. The molecule has 8 nitrogen and oxygen atoms in total. The van der Waals surface area contributed by atoms with Crippen molar-refractivity contribution < 1.29 is 18.1 Å². The Kier molecular flexibility index (Phi) is 6.63. The van der Waals surface area contributed by atoms with Crippen LogP contribution in [-0.4, -0.2) is 53.0 Å². The van der Waals surface area contributed by atoms with Crippen LogP contribution in [0.4, 0.5) is 30.4 Å². The summed E-state index contributed by atoms with van der Waals surface area (Å²) in [5.74, 6) is 0.431. The molecule has 0 spiro atoms. The standard InChI is InChI=1S/C22H22BrF3N6O2/c1-13(14-7-15(22(24,25)26)9-16(8-14)32(33)34)29-21-17-10-20(31-5-3-30(2)4-6-31)18(23)11-19(17)27-12-28-21/h7-13H,3-6H2,1-2H3,(H,27,28,29). The van der Waals surface area contributed by atoms with Crippen LogP contribution < -0.4 is 10.2 Å². The maximum Gasteiger partial charge on any atom is 0.416 e. The van der Waals surface area contributed by atoms with Gasteiger partial charge in [0.2, 0.25) is 0 Å². The Hall–Kier alpha value is -2.99. The van der Waals surface area contributed by atoms with Crippen LogP contribution in [0.25, 0.3) is 10.9 Å². The van der Waals surface area contributed by atoms with E-state index < -0.39 is 28.4 Å². The first-order chi connectivity index (χ1) is 16.0. The average Bonchev–Trinajstić information content (AvgIpc) is 2.78. The number of nitro benzene ring substituents is 1. The molecular formula is C22H22BrF3N6O2. The van der Waals surface area contributed by atoms with Gasteiger partial charge in [-0.1, -0.05) is 0 Å². The Labute approximate surface area is 202 Å². The van der Waals surface area contributed by atoms with Crippen molar-refractivity contribution in [3.05, 3.63) is 62.4 Å². The normalized spacial score (nSPS) is 16.0. The lowest BCUT2D eigenvalue weighted by atomic mass is 10.0. The molecule has 3 aromatic rings. The Bertz CT molecular complexity index is 1230. The van der Waals surface area contributed by atoms with Crippen molar-refractivity contribution in [2.45, 2.75) is 19.1 Å². The Morgan fingerprint density at radius 2 is 1.82 bits per heavy atom. The highest BCUT2D eigenvalue weighted by Gasteiger charge is 2.33. The molecule has 1 N–H and O–H groups in total. The van der Waals surface area contributed by atoms with E-state index >= 15 is 0 Å². The Morgan fingerprint density at radius 1 is 1.12 bits per heavy atom. The molecule has 1 saturated heterocycles. The van der Waals surface area contributed by atoms with Gasteiger partial charge in [0.25, 0.3) is 5.69 Å². The Morgan fingerprint density at radius 3 is 2.47 bits per heavy atom. The van der Waals surface area contributed by atoms with Crippen LogP contribution in [0.5, 0.6) is 0 Å². The fourth-order valence-electron chi connectivity index (χ4n) is 3.91. The Balaban J connectivity index is 1.70. The number of piperazine rings is 1. The third kappa shape index (κ3) is 5.07. The molecule has 180 valence electrons. The number of anilines is 2. The van der Waals surface area contributed by atoms with Crippen molar-refractivity contribution in [1.82, 2.24) is 14.9 Å². The van der Waals surface area contributed by atoms with Crippen molar-refractivity contribution in [3.63, 3.8) is 0 Å². The number of aromatic nitrogens is 2. The molecule has 2 heterocycles. The molecule has 1 atom stereocenters. The van der Waals surface area contributed by atoms with Gasteiger partial charge in [-0.3, -0.25) is 10.1 Å². The highest BCUT2D eigenvalue weighted by atomic mass is 79.9. The number of halogens is 4. The summed E-state index contributed by atoms with van der Waals surface area (Å²) in [5, 5.41) is 15.0. The highest BCUT2D eigenvalue weighted by molar-refractivity contribution is 9.10. The quantitative estimate of drug-likeness (QED) is 0.351. The van der Waals surface area contributed by atoms with Gasteiger partial charge in [0.05, 0.1) is 27.7 Å². The van der Waals surface area contributed by atoms with Crippen LogP contribution in [-0.2, 0) is 6.18 Å². The van der Waals surface area contributed by atoms with Crippen molar-refractivity contribution in [3.8, 4) is 0 Å². The number of hydrogen-bond acceptors (Lipinski definition) is 7. The molecule has 34 heavy (non-hydrogen) atoms. The summed E-state index contributed by atoms with van der Waals surface area (Å²) in [6.45, 7) is 5.18. The molecule has 1 aliphatic rings. The number of nitro groups is 1. The maximum atomic E-state index is 13.3. The molecule has 1 aromatic heterocycles. The van der Waals surface area contributed by atoms with Gasteiger partial charge in [-0.15, -0.1) is 0 Å². The lowest BCUT2D eigenvalue weighted by molar-refractivity contribution is -0.385. The molecule has 0 amide bonds. The van der Waals surface area contributed by atoms with E-state index in [-0.39, 0.29) is 5.56 Å². The molecule has 0 aliphatic carbocycles. The predicted octanol–water partition coefficient (Wildman–Crippen LogP) is 5.24. The van der Waals surface area contributed by atoms with Gasteiger partial charge in [0.15, 0.2) is 0 Å². The molecular weight excluding hydrogens is 517 g/mol. The summed E-state index contributed by atoms with van der Waals surface area (Å²) >= 11 is 3.62. The van der Waals surface area contributed by atoms with Crippen molar-refractivity contribution >= 4 is 44.0 Å². The minimum atomic E-state index is -4.70. The number of fused-ring (bicyclic) bond motifs is 1. The second-order valence-electron chi connectivity index (χ2n) is 8.27. The summed E-state index contributed by atoms with van der Waals surface area (Å²) in [6, 6.07) is 5.75. The van der Waals surface area contributed by atoms with Crippen LogP contribution >= 0.6 is 15.9 Å². The van der Waals surface area contributed by atoms with Crippen LogP contribution in [0, 0.1) is 10.1 Å². The second-order valence-corrected chi connectivity index (χ2v) is 9.12. The van der Waals surface area contributed by atoms with E-state index in [0.29, 0.717) is 22.8 Å². The second kappa shape index (κ2) is 9.34. The monoisotopic (exact) mass is 538 g/mol. The topological polar surface area (TPSA) is 87.4 Å². The van der Waals surface area contributed by atoms with Gasteiger partial charge >= 0.3 is 6.18 Å². The van der Waals surface area contributed by atoms with Gasteiger partial charge in [-0.2, -0.15) is 13.2 Å². The van der Waals surface area contributed by atoms with E-state index in [1.54, 1.807) is 6.92 Å². The van der Waals surface area contributed by atoms with E-state index in [0.717, 1.165) is 48.5 Å². The molecule has 1 aliphatic heterocycles. The summed E-state index contributed by atoms with van der Waals surface area (Å²) in [5.41, 5.74) is 0.0708. The fourth-order valence-corrected chi connectivity index (χ4v) is 4.50. The van der Waals surface area contributed by atoms with Crippen LogP contribution in [0.2, 0.25) is 0 Å². The largest absolute Gasteiger partial charge is 0.416 e. The van der Waals surface area contributed by atoms with Gasteiger partial charge in [0.1, 0.15) is 12.1 Å². The molecule has 2 aromatic carbocycles. The third-order valence-electron chi connectivity index (χ3n) is 5.88. The third-order valence-corrected chi connectivity index (χ3v) is 6.51. The van der Waals surface area contributed by atoms with Crippen molar-refractivity contribution in [1.29, 1.82) is 0 Å². The first-order valence-electron chi connectivity index (χ1n) is 10.5. The number of nitrogens with one attached hydrogen (secondary N) is 1. The fraction of sp³-hybridized carbons (Fsp3) is 0.364. The smallest absolute Gasteiger partial charge is 0.368 e. The summed E-state index contributed by atoms with van der Waals surface area (Å²) in [4.78, 5) is 23.5. The van der Waals surface area contributed by atoms with E-state index in [2.05, 4.69) is 48.1 Å². The zero-order valence-corrected chi connectivity index (χ0v) is 20.0. The minimum absolute atomic E-state index is 0.129. The first kappa shape index (κ1) is 24.1. The molecule has 1 fully saturated rings. The lowest BCUT2D eigenvalue weighted by Crippen LogP contribution is -2.44. The number of likely N-dealkylation sites (N-methyl/N-ethyl adjacent to an activating group) is 1. The number of rotatable bonds is 5. The molecule has 12 heteroatoms. The SMILES string of the molecule is CC(Nc1ncnc2cc(Br)c(N3CCN(C)CC3)cc12)c1cc([N+](=O)[O-])cc(C(F)(F)F)c1. The van der Waals surface area contributed by atoms with Crippen molar-refractivity contribution in [2.75, 3.05) is 43.4 Å². The molecule has 4 rings (SSSR count). The zero-order chi connectivity index (χ0) is 24.6. The van der Waals surface area contributed by atoms with Crippen LogP contribution in [0.3, 0.4) is 0 Å². The number of nitrogens with zero attached hydrogens (tertiary/aromatic N) is 5. The van der Waals surface area contributed by atoms with Crippen LogP contribution in [0.15, 0.2) is 41.1 Å². The highest BCUT2D eigenvalue weighted by Crippen LogP contribution is 2.37. The number of benzene rings is 2. The molecule has 0 saturated carbocycles. The van der Waals surface area contributed by atoms with E-state index in [9.17, 15) is 23.3 Å². The maximum absolute atomic E-state index is 13.3. The first-order valence-corrected chi connectivity index (χ1v) is 11.3. The van der Waals surface area contributed by atoms with Gasteiger partial charge in [-0.25, -0.2) is 9.97 Å². The summed E-state index contributed by atoms with van der Waals surface area (Å²) in [7, 11) is 2.07. The summed E-state index contributed by atoms with van der Waals surface area (Å²) < 4.78 is 40.8. The van der Waals surface area contributed by atoms with Gasteiger partial charge < -0.3 is 15.1 Å². The molecule has 1 unspecified atom stereocenters. The van der Waals surface area contributed by atoms with E-state index in [1.807, 2.05) is 12.1 Å². The summed E-state index contributed by atoms with van der Waals surface area (Å²) in [6.07, 6.45) is -3.33. The molecule has 0 radical (unpaired) electrons. The van der Waals surface area contributed by atoms with Crippen molar-refractivity contribution in [2.24, 2.45) is 0 Å². The average molecular weight is 539 g/mol. The minimum Gasteiger partial charge on any atom is -0.368 e. The van der Waals surface area contributed by atoms with Gasteiger partial charge in [-0.05, 0) is 53.7 Å². The van der Waals surface area contributed by atoms with Gasteiger partial charge in [0, 0.05) is 48.2 Å². The van der Waals surface area contributed by atoms with Crippen LogP contribution in [0.1, 0.15) is 24.1 Å². The zero-order valence-electron chi connectivity index (χ0n) is 18.4. The predicted molar refractivity (Wildman–Crippen MR) is 127 cm³/mol. The molecule has 0 bridgehead atoms. The van der Waals surface area contributed by atoms with E-state index in [4.69, 9.17) is 0 Å². The number of non-ortho nitro benzene ring substituents is 1.